The summed E-state index contributed by atoms with van der Waals surface area (Å²) in [5, 5.41) is 10.9. The summed E-state index contributed by atoms with van der Waals surface area (Å²) in [6, 6.07) is 9.43. The van der Waals surface area contributed by atoms with Crippen molar-refractivity contribution in [2.24, 2.45) is 11.8 Å². The molecular formula is C35H38Cl2N4O5S. The molecule has 1 heterocycles. The average Bonchev–Trinajstić information content (AvgIpc) is 3.79. The zero-order valence-electron chi connectivity index (χ0n) is 26.7. The van der Waals surface area contributed by atoms with Gasteiger partial charge in [-0.1, -0.05) is 46.7 Å². The van der Waals surface area contributed by atoms with E-state index in [1.54, 1.807) is 32.4 Å². The number of halogens is 2. The molecule has 0 radical (unpaired) electrons. The first-order chi connectivity index (χ1) is 22.7. The van der Waals surface area contributed by atoms with Gasteiger partial charge in [0.25, 0.3) is 16.8 Å². The second-order valence-corrected chi connectivity index (χ2v) is 14.4. The Morgan fingerprint density at radius 2 is 1.91 bits per heavy atom. The van der Waals surface area contributed by atoms with Crippen molar-refractivity contribution in [1.29, 1.82) is 0 Å². The summed E-state index contributed by atoms with van der Waals surface area (Å²) in [6.07, 6.45) is 5.94. The predicted molar refractivity (Wildman–Crippen MR) is 182 cm³/mol. The number of nitrogens with zero attached hydrogens (tertiary/aromatic N) is 4. The second-order valence-electron chi connectivity index (χ2n) is 12.6. The van der Waals surface area contributed by atoms with Gasteiger partial charge >= 0.3 is 0 Å². The van der Waals surface area contributed by atoms with Gasteiger partial charge < -0.3 is 29.7 Å². The highest BCUT2D eigenvalue weighted by molar-refractivity contribution is 7.14. The quantitative estimate of drug-likeness (QED) is 0.118. The van der Waals surface area contributed by atoms with Gasteiger partial charge in [0.05, 0.1) is 34.6 Å². The van der Waals surface area contributed by atoms with E-state index in [-0.39, 0.29) is 37.0 Å². The first-order valence-electron chi connectivity index (χ1n) is 15.9. The highest BCUT2D eigenvalue weighted by Crippen LogP contribution is 2.48. The second kappa shape index (κ2) is 14.4. The number of amides is 1. The van der Waals surface area contributed by atoms with Crippen LogP contribution in [0.3, 0.4) is 0 Å². The van der Waals surface area contributed by atoms with Crippen molar-refractivity contribution in [1.82, 2.24) is 9.88 Å². The fourth-order valence-electron chi connectivity index (χ4n) is 6.75. The molecule has 6 rings (SSSR count). The minimum absolute atomic E-state index is 0.0295. The van der Waals surface area contributed by atoms with Gasteiger partial charge in [-0.2, -0.15) is 4.79 Å². The first-order valence-corrected chi connectivity index (χ1v) is 17.5. The first kappa shape index (κ1) is 33.5. The van der Waals surface area contributed by atoms with Gasteiger partial charge in [-0.3, -0.25) is 4.79 Å². The van der Waals surface area contributed by atoms with Gasteiger partial charge in [-0.15, -0.1) is 0 Å². The van der Waals surface area contributed by atoms with E-state index in [2.05, 4.69) is 15.8 Å². The van der Waals surface area contributed by atoms with Crippen LogP contribution in [0.1, 0.15) is 73.1 Å². The fraction of sp³-hybridized carbons (Fsp3) is 0.457. The molecule has 2 fully saturated rings. The van der Waals surface area contributed by atoms with E-state index in [0.717, 1.165) is 64.3 Å². The lowest BCUT2D eigenvalue weighted by Gasteiger charge is -2.37. The monoisotopic (exact) mass is 696 g/mol. The predicted octanol–water partition coefficient (Wildman–Crippen LogP) is 7.71. The molecule has 248 valence electrons. The summed E-state index contributed by atoms with van der Waals surface area (Å²) in [7, 11) is 1.66. The Labute approximate surface area is 288 Å². The Bertz CT molecular complexity index is 1720. The van der Waals surface area contributed by atoms with Crippen molar-refractivity contribution >= 4 is 51.7 Å². The largest absolute Gasteiger partial charge is 0.496 e. The number of benzene rings is 2. The van der Waals surface area contributed by atoms with Crippen LogP contribution in [0, 0.1) is 18.8 Å². The maximum atomic E-state index is 14.6. The highest BCUT2D eigenvalue weighted by Gasteiger charge is 2.44. The van der Waals surface area contributed by atoms with E-state index < -0.39 is 6.10 Å². The standard InChI is InChI=1S/C35H38Cl2N4O5S/c1-19-22(5-4-6-30(19)44-3)18-41(26-7-8-26)34(43)32-24-11-21(12-25(14-24)40-38)13-27(32)31-17-39-35(47-31)46-10-9-45-33-28(36)15-23(20(2)42)16-29(33)37/h4-6,15-17,20-21,24,26,42H,7-14,18H2,1-3H3/t20-,21-,24-/m0/s1. The number of hydrogen-bond acceptors (Lipinski definition) is 7. The van der Waals surface area contributed by atoms with Gasteiger partial charge in [0.1, 0.15) is 19.0 Å². The number of aliphatic hydroxyl groups excluding tert-OH is 1. The fourth-order valence-corrected chi connectivity index (χ4v) is 8.22. The third-order valence-corrected chi connectivity index (χ3v) is 10.8. The number of aliphatic hydroxyl groups is 1. The molecule has 3 aliphatic carbocycles. The lowest BCUT2D eigenvalue weighted by Crippen LogP contribution is -2.40. The molecule has 12 heteroatoms. The van der Waals surface area contributed by atoms with Crippen LogP contribution in [-0.2, 0) is 11.3 Å². The van der Waals surface area contributed by atoms with Gasteiger partial charge in [-0.25, -0.2) is 4.98 Å². The molecule has 1 N–H and O–H groups in total. The number of hydrogen-bond donors (Lipinski definition) is 1. The van der Waals surface area contributed by atoms with Crippen LogP contribution >= 0.6 is 34.5 Å². The molecule has 2 saturated carbocycles. The molecule has 0 unspecified atom stereocenters. The van der Waals surface area contributed by atoms with E-state index in [9.17, 15) is 15.4 Å². The summed E-state index contributed by atoms with van der Waals surface area (Å²) in [5.41, 5.74) is 15.0. The van der Waals surface area contributed by atoms with Crippen LogP contribution < -0.4 is 14.2 Å². The van der Waals surface area contributed by atoms with Crippen molar-refractivity contribution in [2.75, 3.05) is 20.3 Å². The SMILES string of the molecule is COc1cccc(CN(C(=O)C2=C(c3cnc(OCCOc4c(Cl)cc([C@H](C)O)cc4Cl)s3)C[C@@H]3CC(=[N+]=[N-])C[C@@H]2C3)C2CC2)c1C. The van der Waals surface area contributed by atoms with Gasteiger partial charge in [0.15, 0.2) is 5.75 Å². The Morgan fingerprint density at radius 1 is 1.17 bits per heavy atom. The zero-order chi connectivity index (χ0) is 33.2. The molecule has 2 aromatic carbocycles. The van der Waals surface area contributed by atoms with Gasteiger partial charge in [-0.05, 0) is 85.9 Å². The summed E-state index contributed by atoms with van der Waals surface area (Å²) in [5.74, 6) is 1.45. The number of thiazole rings is 1. The van der Waals surface area contributed by atoms with Crippen LogP contribution in [0.5, 0.6) is 16.7 Å². The minimum atomic E-state index is -0.699. The molecule has 9 nitrogen and oxygen atoms in total. The molecule has 0 saturated heterocycles. The molecule has 3 aromatic rings. The molecular weight excluding hydrogens is 659 g/mol. The van der Waals surface area contributed by atoms with Crippen LogP contribution in [0.4, 0.5) is 0 Å². The van der Waals surface area contributed by atoms with Crippen LogP contribution in [0.25, 0.3) is 11.1 Å². The van der Waals surface area contributed by atoms with Crippen LogP contribution in [0.2, 0.25) is 10.0 Å². The van der Waals surface area contributed by atoms with Crippen LogP contribution in [-0.4, -0.2) is 57.8 Å². The summed E-state index contributed by atoms with van der Waals surface area (Å²) >= 11 is 14.1. The summed E-state index contributed by atoms with van der Waals surface area (Å²) < 4.78 is 17.3. The third kappa shape index (κ3) is 7.37. The van der Waals surface area contributed by atoms with Crippen molar-refractivity contribution < 1.29 is 28.9 Å². The summed E-state index contributed by atoms with van der Waals surface area (Å²) in [4.78, 5) is 25.7. The van der Waals surface area contributed by atoms with E-state index in [1.807, 2.05) is 24.0 Å². The van der Waals surface area contributed by atoms with Crippen molar-refractivity contribution in [3.8, 4) is 16.7 Å². The van der Waals surface area contributed by atoms with E-state index in [0.29, 0.717) is 45.9 Å². The van der Waals surface area contributed by atoms with Crippen molar-refractivity contribution in [3.63, 3.8) is 0 Å². The highest BCUT2D eigenvalue weighted by atomic mass is 35.5. The smallest absolute Gasteiger partial charge is 0.273 e. The Morgan fingerprint density at radius 3 is 2.60 bits per heavy atom. The number of methoxy groups -OCH3 is 1. The molecule has 3 atom stereocenters. The molecule has 0 aliphatic heterocycles. The van der Waals surface area contributed by atoms with Crippen molar-refractivity contribution in [3.05, 3.63) is 79.2 Å². The Hall–Kier alpha value is -3.40. The summed E-state index contributed by atoms with van der Waals surface area (Å²) in [6.45, 7) is 4.57. The zero-order valence-corrected chi connectivity index (χ0v) is 29.0. The maximum Gasteiger partial charge on any atom is 0.273 e. The van der Waals surface area contributed by atoms with Crippen molar-refractivity contribution in [2.45, 2.75) is 71.1 Å². The molecule has 1 aromatic heterocycles. The lowest BCUT2D eigenvalue weighted by atomic mass is 9.68. The van der Waals surface area contributed by atoms with Gasteiger partial charge in [0.2, 0.25) is 0 Å². The number of carbonyl (C=O) groups is 1. The molecule has 0 spiro atoms. The number of allylic oxidation sites excluding steroid dienone is 1. The van der Waals surface area contributed by atoms with Gasteiger partial charge in [0, 0.05) is 36.7 Å². The molecule has 2 bridgehead atoms. The van der Waals surface area contributed by atoms with E-state index >= 15 is 0 Å². The molecule has 1 amide bonds. The number of ether oxygens (including phenoxy) is 3. The molecule has 47 heavy (non-hydrogen) atoms. The lowest BCUT2D eigenvalue weighted by molar-refractivity contribution is -0.129. The van der Waals surface area contributed by atoms with E-state index in [4.69, 9.17) is 37.4 Å². The number of rotatable bonds is 12. The maximum absolute atomic E-state index is 14.6. The minimum Gasteiger partial charge on any atom is -0.496 e. The Kier molecular flexibility index (Phi) is 10.2. The topological polar surface area (TPSA) is 118 Å². The number of aromatic nitrogens is 1. The third-order valence-electron chi connectivity index (χ3n) is 9.27. The number of carbonyl (C=O) groups excluding carboxylic acids is 1. The molecule has 3 aliphatic rings. The number of fused-ring (bicyclic) bond motifs is 2. The average molecular weight is 698 g/mol. The Balaban J connectivity index is 1.22. The van der Waals surface area contributed by atoms with Crippen LogP contribution in [0.15, 0.2) is 42.1 Å². The normalized spacial score (nSPS) is 19.7. The van der Waals surface area contributed by atoms with E-state index in [1.165, 1.54) is 11.3 Å².